The molecular formula is C26H24N2O4. The molecule has 0 aromatic heterocycles. The van der Waals surface area contributed by atoms with Gasteiger partial charge in [-0.2, -0.15) is 0 Å². The Balaban J connectivity index is 1.32. The van der Waals surface area contributed by atoms with E-state index in [1.54, 1.807) is 4.90 Å². The largest absolute Gasteiger partial charge is 0.454 e. The summed E-state index contributed by atoms with van der Waals surface area (Å²) >= 11 is 0. The number of carbonyl (C=O) groups excluding carboxylic acids is 2. The number of rotatable bonds is 6. The van der Waals surface area contributed by atoms with Crippen LogP contribution in [0, 0.1) is 6.92 Å². The van der Waals surface area contributed by atoms with Crippen molar-refractivity contribution in [3.63, 3.8) is 0 Å². The summed E-state index contributed by atoms with van der Waals surface area (Å²) in [6.45, 7) is 3.12. The number of fused-ring (bicyclic) bond motifs is 2. The zero-order chi connectivity index (χ0) is 22.1. The summed E-state index contributed by atoms with van der Waals surface area (Å²) in [6.07, 6.45) is 0.188. The van der Waals surface area contributed by atoms with Crippen molar-refractivity contribution >= 4 is 11.8 Å². The first-order valence-corrected chi connectivity index (χ1v) is 10.7. The number of ether oxygens (including phenoxy) is 2. The van der Waals surface area contributed by atoms with Crippen molar-refractivity contribution in [2.45, 2.75) is 32.5 Å². The van der Waals surface area contributed by atoms with Crippen LogP contribution in [0.5, 0.6) is 11.5 Å². The van der Waals surface area contributed by atoms with E-state index < -0.39 is 0 Å². The molecule has 1 N–H and O–H groups in total. The van der Waals surface area contributed by atoms with Gasteiger partial charge in [-0.3, -0.25) is 9.59 Å². The van der Waals surface area contributed by atoms with Crippen LogP contribution in [0.1, 0.15) is 45.1 Å². The molecule has 0 fully saturated rings. The van der Waals surface area contributed by atoms with E-state index in [-0.39, 0.29) is 31.1 Å². The standard InChI is InChI=1S/C26H24N2O4/c1-17-6-9-19(10-7-17)22(28-15-20-4-2-3-5-21(20)26(28)30)13-25(29)27-14-18-8-11-23-24(12-18)32-16-31-23/h2-12,22H,13-16H2,1H3,(H,27,29). The molecule has 162 valence electrons. The van der Waals surface area contributed by atoms with E-state index in [1.165, 1.54) is 0 Å². The van der Waals surface area contributed by atoms with Gasteiger partial charge in [0, 0.05) is 18.7 Å². The first kappa shape index (κ1) is 20.1. The van der Waals surface area contributed by atoms with E-state index in [2.05, 4.69) is 5.32 Å². The number of nitrogens with zero attached hydrogens (tertiary/aromatic N) is 1. The third kappa shape index (κ3) is 3.91. The fraction of sp³-hybridized carbons (Fsp3) is 0.231. The molecule has 1 atom stereocenters. The van der Waals surface area contributed by atoms with Crippen molar-refractivity contribution in [3.05, 3.63) is 94.5 Å². The summed E-state index contributed by atoms with van der Waals surface area (Å²) < 4.78 is 10.7. The van der Waals surface area contributed by atoms with Gasteiger partial charge in [-0.15, -0.1) is 0 Å². The quantitative estimate of drug-likeness (QED) is 0.641. The van der Waals surface area contributed by atoms with Crippen molar-refractivity contribution in [2.75, 3.05) is 6.79 Å². The maximum Gasteiger partial charge on any atom is 0.255 e. The number of carbonyl (C=O) groups is 2. The smallest absolute Gasteiger partial charge is 0.255 e. The molecule has 2 heterocycles. The van der Waals surface area contributed by atoms with Crippen molar-refractivity contribution in [3.8, 4) is 11.5 Å². The Hall–Kier alpha value is -3.80. The summed E-state index contributed by atoms with van der Waals surface area (Å²) in [5.74, 6) is 1.26. The topological polar surface area (TPSA) is 67.9 Å². The van der Waals surface area contributed by atoms with Gasteiger partial charge in [0.05, 0.1) is 12.5 Å². The van der Waals surface area contributed by atoms with Gasteiger partial charge < -0.3 is 19.7 Å². The molecule has 2 aliphatic rings. The van der Waals surface area contributed by atoms with Gasteiger partial charge in [0.15, 0.2) is 11.5 Å². The van der Waals surface area contributed by atoms with E-state index in [1.807, 2.05) is 73.7 Å². The normalized spacial score (nSPS) is 14.9. The van der Waals surface area contributed by atoms with Crippen LogP contribution in [0.4, 0.5) is 0 Å². The average Bonchev–Trinajstić information content (AvgIpc) is 3.41. The summed E-state index contributed by atoms with van der Waals surface area (Å²) in [5, 5.41) is 2.99. The van der Waals surface area contributed by atoms with E-state index in [0.29, 0.717) is 30.2 Å². The minimum Gasteiger partial charge on any atom is -0.454 e. The van der Waals surface area contributed by atoms with Crippen LogP contribution >= 0.6 is 0 Å². The van der Waals surface area contributed by atoms with E-state index in [0.717, 1.165) is 22.3 Å². The Bertz CT molecular complexity index is 1170. The monoisotopic (exact) mass is 428 g/mol. The van der Waals surface area contributed by atoms with Crippen LogP contribution in [0.3, 0.4) is 0 Å². The van der Waals surface area contributed by atoms with Crippen LogP contribution in [0.25, 0.3) is 0 Å². The zero-order valence-electron chi connectivity index (χ0n) is 17.8. The van der Waals surface area contributed by atoms with Crippen molar-refractivity contribution in [1.82, 2.24) is 10.2 Å². The summed E-state index contributed by atoms with van der Waals surface area (Å²) in [5.41, 5.74) is 4.73. The summed E-state index contributed by atoms with van der Waals surface area (Å²) in [4.78, 5) is 27.8. The van der Waals surface area contributed by atoms with Gasteiger partial charge in [0.2, 0.25) is 12.7 Å². The highest BCUT2D eigenvalue weighted by Crippen LogP contribution is 2.34. The Kier molecular flexibility index (Phi) is 5.27. The number of hydrogen-bond acceptors (Lipinski definition) is 4. The second-order valence-corrected chi connectivity index (χ2v) is 8.19. The molecular weight excluding hydrogens is 404 g/mol. The van der Waals surface area contributed by atoms with Crippen LogP contribution in [0.15, 0.2) is 66.7 Å². The highest BCUT2D eigenvalue weighted by atomic mass is 16.7. The lowest BCUT2D eigenvalue weighted by molar-refractivity contribution is -0.122. The first-order chi connectivity index (χ1) is 15.6. The van der Waals surface area contributed by atoms with Crippen molar-refractivity contribution in [2.24, 2.45) is 0 Å². The van der Waals surface area contributed by atoms with Gasteiger partial charge >= 0.3 is 0 Å². The van der Waals surface area contributed by atoms with Crippen LogP contribution < -0.4 is 14.8 Å². The molecule has 6 heteroatoms. The van der Waals surface area contributed by atoms with Gasteiger partial charge in [-0.25, -0.2) is 0 Å². The first-order valence-electron chi connectivity index (χ1n) is 10.7. The van der Waals surface area contributed by atoms with Gasteiger partial charge in [-0.1, -0.05) is 54.1 Å². The second kappa shape index (κ2) is 8.38. The lowest BCUT2D eigenvalue weighted by atomic mass is 10.00. The van der Waals surface area contributed by atoms with Gasteiger partial charge in [0.25, 0.3) is 5.91 Å². The predicted molar refractivity (Wildman–Crippen MR) is 119 cm³/mol. The lowest BCUT2D eigenvalue weighted by Gasteiger charge is -2.28. The molecule has 3 aromatic rings. The van der Waals surface area contributed by atoms with Crippen LogP contribution in [-0.2, 0) is 17.9 Å². The van der Waals surface area contributed by atoms with E-state index >= 15 is 0 Å². The molecule has 0 aliphatic carbocycles. The molecule has 5 rings (SSSR count). The fourth-order valence-corrected chi connectivity index (χ4v) is 4.22. The number of benzene rings is 3. The minimum atomic E-state index is -0.341. The molecule has 2 amide bonds. The Morgan fingerprint density at radius 3 is 2.62 bits per heavy atom. The molecule has 0 saturated heterocycles. The van der Waals surface area contributed by atoms with E-state index in [4.69, 9.17) is 9.47 Å². The molecule has 32 heavy (non-hydrogen) atoms. The predicted octanol–water partition coefficient (Wildman–Crippen LogP) is 4.13. The molecule has 3 aromatic carbocycles. The molecule has 0 radical (unpaired) electrons. The summed E-state index contributed by atoms with van der Waals surface area (Å²) in [7, 11) is 0. The molecule has 6 nitrogen and oxygen atoms in total. The molecule has 0 bridgehead atoms. The number of aryl methyl sites for hydroxylation is 1. The molecule has 1 unspecified atom stereocenters. The Labute approximate surface area is 186 Å². The van der Waals surface area contributed by atoms with Crippen molar-refractivity contribution < 1.29 is 19.1 Å². The SMILES string of the molecule is Cc1ccc(C(CC(=O)NCc2ccc3c(c2)OCO3)N2Cc3ccccc3C2=O)cc1. The Morgan fingerprint density at radius 2 is 1.81 bits per heavy atom. The average molecular weight is 428 g/mol. The maximum absolute atomic E-state index is 13.1. The highest BCUT2D eigenvalue weighted by Gasteiger charge is 2.34. The maximum atomic E-state index is 13.1. The zero-order valence-corrected chi connectivity index (χ0v) is 17.8. The number of nitrogens with one attached hydrogen (secondary N) is 1. The lowest BCUT2D eigenvalue weighted by Crippen LogP contribution is -2.34. The van der Waals surface area contributed by atoms with Gasteiger partial charge in [0.1, 0.15) is 0 Å². The number of amides is 2. The van der Waals surface area contributed by atoms with Crippen molar-refractivity contribution in [1.29, 1.82) is 0 Å². The molecule has 0 saturated carbocycles. The van der Waals surface area contributed by atoms with Crippen LogP contribution in [-0.4, -0.2) is 23.5 Å². The van der Waals surface area contributed by atoms with E-state index in [9.17, 15) is 9.59 Å². The molecule has 2 aliphatic heterocycles. The third-order valence-electron chi connectivity index (χ3n) is 5.99. The second-order valence-electron chi connectivity index (χ2n) is 8.19. The molecule has 0 spiro atoms. The Morgan fingerprint density at radius 1 is 1.03 bits per heavy atom. The fourth-order valence-electron chi connectivity index (χ4n) is 4.22. The number of hydrogen-bond donors (Lipinski definition) is 1. The van der Waals surface area contributed by atoms with Crippen LogP contribution in [0.2, 0.25) is 0 Å². The third-order valence-corrected chi connectivity index (χ3v) is 5.99. The minimum absolute atomic E-state index is 0.0326. The summed E-state index contributed by atoms with van der Waals surface area (Å²) in [6, 6.07) is 21.0. The van der Waals surface area contributed by atoms with Gasteiger partial charge in [-0.05, 0) is 41.8 Å². The highest BCUT2D eigenvalue weighted by molar-refractivity contribution is 5.98.